The van der Waals surface area contributed by atoms with Gasteiger partial charge in [0.2, 0.25) is 0 Å². The molecule has 1 N–H and O–H groups in total. The number of H-pyrrole nitrogens is 1. The summed E-state index contributed by atoms with van der Waals surface area (Å²) < 4.78 is 0. The van der Waals surface area contributed by atoms with E-state index in [1.807, 2.05) is 6.07 Å². The van der Waals surface area contributed by atoms with Gasteiger partial charge < -0.3 is 4.98 Å². The summed E-state index contributed by atoms with van der Waals surface area (Å²) in [6.07, 6.45) is 0.778. The zero-order valence-electron chi connectivity index (χ0n) is 9.96. The van der Waals surface area contributed by atoms with Crippen LogP contribution >= 0.6 is 0 Å². The number of hydrogen-bond acceptors (Lipinski definition) is 3. The molecule has 19 heavy (non-hydrogen) atoms. The number of nitrogens with one attached hydrogen (secondary N) is 1. The van der Waals surface area contributed by atoms with Gasteiger partial charge in [-0.15, -0.1) is 0 Å². The molecule has 2 aromatic carbocycles. The van der Waals surface area contributed by atoms with E-state index in [0.29, 0.717) is 22.3 Å². The van der Waals surface area contributed by atoms with Gasteiger partial charge in [0.25, 0.3) is 5.56 Å². The summed E-state index contributed by atoms with van der Waals surface area (Å²) in [5.41, 5.74) is 1.85. The van der Waals surface area contributed by atoms with Crippen molar-refractivity contribution in [3.8, 4) is 11.4 Å². The van der Waals surface area contributed by atoms with E-state index in [-0.39, 0.29) is 5.56 Å². The summed E-state index contributed by atoms with van der Waals surface area (Å²) in [7, 11) is 0. The average molecular weight is 250 g/mol. The number of nitrogens with zero attached hydrogens (tertiary/aromatic N) is 1. The summed E-state index contributed by atoms with van der Waals surface area (Å²) >= 11 is 0. The fourth-order valence-corrected chi connectivity index (χ4v) is 1.94. The van der Waals surface area contributed by atoms with Crippen LogP contribution in [0.25, 0.3) is 22.3 Å². The maximum atomic E-state index is 11.9. The minimum Gasteiger partial charge on any atom is -0.306 e. The first-order chi connectivity index (χ1) is 9.28. The molecule has 0 aliphatic heterocycles. The predicted octanol–water partition coefficient (Wildman–Crippen LogP) is 2.40. The number of hydrogen-bond donors (Lipinski definition) is 1. The van der Waals surface area contributed by atoms with E-state index in [2.05, 4.69) is 9.97 Å². The Kier molecular flexibility index (Phi) is 2.68. The van der Waals surface area contributed by atoms with Crippen molar-refractivity contribution in [3.63, 3.8) is 0 Å². The van der Waals surface area contributed by atoms with Crippen LogP contribution in [0, 0.1) is 0 Å². The van der Waals surface area contributed by atoms with Gasteiger partial charge in [0.1, 0.15) is 12.1 Å². The Balaban J connectivity index is 2.19. The lowest BCUT2D eigenvalue weighted by atomic mass is 10.1. The van der Waals surface area contributed by atoms with E-state index >= 15 is 0 Å². The summed E-state index contributed by atoms with van der Waals surface area (Å²) in [5.74, 6) is 0.501. The van der Waals surface area contributed by atoms with Gasteiger partial charge in [-0.1, -0.05) is 36.4 Å². The third-order valence-corrected chi connectivity index (χ3v) is 2.93. The van der Waals surface area contributed by atoms with Gasteiger partial charge in [0, 0.05) is 11.1 Å². The van der Waals surface area contributed by atoms with Crippen molar-refractivity contribution in [1.82, 2.24) is 9.97 Å². The van der Waals surface area contributed by atoms with Crippen LogP contribution < -0.4 is 5.56 Å². The monoisotopic (exact) mass is 250 g/mol. The molecule has 0 atom stereocenters. The van der Waals surface area contributed by atoms with E-state index < -0.39 is 0 Å². The summed E-state index contributed by atoms with van der Waals surface area (Å²) in [6.45, 7) is 0. The third kappa shape index (κ3) is 2.04. The van der Waals surface area contributed by atoms with Crippen LogP contribution in [0.3, 0.4) is 0 Å². The largest absolute Gasteiger partial charge is 0.306 e. The molecule has 0 spiro atoms. The van der Waals surface area contributed by atoms with Crippen LogP contribution in [-0.4, -0.2) is 16.3 Å². The predicted molar refractivity (Wildman–Crippen MR) is 73.2 cm³/mol. The van der Waals surface area contributed by atoms with Crippen LogP contribution in [0.4, 0.5) is 0 Å². The molecule has 0 radical (unpaired) electrons. The summed E-state index contributed by atoms with van der Waals surface area (Å²) in [4.78, 5) is 29.7. The number of carbonyl (C=O) groups excluding carboxylic acids is 1. The highest BCUT2D eigenvalue weighted by atomic mass is 16.1. The molecule has 4 nitrogen and oxygen atoms in total. The third-order valence-electron chi connectivity index (χ3n) is 2.93. The fraction of sp³-hybridized carbons (Fsp3) is 0. The number of carbonyl (C=O) groups is 1. The van der Waals surface area contributed by atoms with Crippen molar-refractivity contribution < 1.29 is 4.79 Å². The smallest absolute Gasteiger partial charge is 0.259 e. The molecule has 4 heteroatoms. The number of fused-ring (bicyclic) bond motifs is 1. The minimum absolute atomic E-state index is 0.167. The van der Waals surface area contributed by atoms with Crippen molar-refractivity contribution in [2.24, 2.45) is 0 Å². The van der Waals surface area contributed by atoms with Crippen LogP contribution in [0.15, 0.2) is 53.3 Å². The highest BCUT2D eigenvalue weighted by Crippen LogP contribution is 2.16. The second kappa shape index (κ2) is 4.49. The lowest BCUT2D eigenvalue weighted by molar-refractivity contribution is 0.112. The number of aromatic amines is 1. The topological polar surface area (TPSA) is 62.8 Å². The SMILES string of the molecule is O=Cc1ccc(-c2nc3ccccc3c(=O)[nH]2)cc1. The van der Waals surface area contributed by atoms with Gasteiger partial charge in [0.15, 0.2) is 0 Å². The molecule has 0 saturated carbocycles. The Labute approximate surface area is 108 Å². The fourth-order valence-electron chi connectivity index (χ4n) is 1.94. The first kappa shape index (κ1) is 11.3. The molecule has 3 rings (SSSR count). The Bertz CT molecular complexity index is 804. The highest BCUT2D eigenvalue weighted by molar-refractivity contribution is 5.80. The molecule has 0 aliphatic rings. The van der Waals surface area contributed by atoms with E-state index in [0.717, 1.165) is 11.8 Å². The Hall–Kier alpha value is -2.75. The zero-order valence-corrected chi connectivity index (χ0v) is 9.96. The van der Waals surface area contributed by atoms with E-state index in [9.17, 15) is 9.59 Å². The second-order valence-electron chi connectivity index (χ2n) is 4.17. The van der Waals surface area contributed by atoms with Crippen LogP contribution in [0.2, 0.25) is 0 Å². The molecule has 0 amide bonds. The molecule has 1 aromatic heterocycles. The van der Waals surface area contributed by atoms with Gasteiger partial charge >= 0.3 is 0 Å². The van der Waals surface area contributed by atoms with E-state index in [1.54, 1.807) is 42.5 Å². The molecule has 0 bridgehead atoms. The Morgan fingerprint density at radius 2 is 1.74 bits per heavy atom. The summed E-state index contributed by atoms with van der Waals surface area (Å²) in [5, 5.41) is 0.566. The summed E-state index contributed by atoms with van der Waals surface area (Å²) in [6, 6.07) is 14.1. The van der Waals surface area contributed by atoms with Crippen molar-refractivity contribution in [3.05, 3.63) is 64.4 Å². The minimum atomic E-state index is -0.167. The van der Waals surface area contributed by atoms with Crippen LogP contribution in [-0.2, 0) is 0 Å². The van der Waals surface area contributed by atoms with Crippen molar-refractivity contribution in [1.29, 1.82) is 0 Å². The molecule has 0 unspecified atom stereocenters. The number of aldehydes is 1. The number of para-hydroxylation sites is 1. The Morgan fingerprint density at radius 3 is 2.47 bits per heavy atom. The first-order valence-electron chi connectivity index (χ1n) is 5.82. The van der Waals surface area contributed by atoms with Gasteiger partial charge in [-0.3, -0.25) is 9.59 Å². The molecular formula is C15H10N2O2. The van der Waals surface area contributed by atoms with Crippen molar-refractivity contribution >= 4 is 17.2 Å². The maximum absolute atomic E-state index is 11.9. The normalized spacial score (nSPS) is 10.5. The molecular weight excluding hydrogens is 240 g/mol. The molecule has 0 fully saturated rings. The molecule has 0 aliphatic carbocycles. The lowest BCUT2D eigenvalue weighted by Gasteiger charge is -2.03. The molecule has 92 valence electrons. The standard InChI is InChI=1S/C15H10N2O2/c18-9-10-5-7-11(8-6-10)14-16-13-4-2-1-3-12(13)15(19)17-14/h1-9H,(H,16,17,19). The van der Waals surface area contributed by atoms with Gasteiger partial charge in [-0.05, 0) is 12.1 Å². The number of benzene rings is 2. The van der Waals surface area contributed by atoms with Gasteiger partial charge in [-0.25, -0.2) is 4.98 Å². The molecule has 1 heterocycles. The quantitative estimate of drug-likeness (QED) is 0.710. The number of rotatable bonds is 2. The second-order valence-corrected chi connectivity index (χ2v) is 4.17. The highest BCUT2D eigenvalue weighted by Gasteiger charge is 2.05. The van der Waals surface area contributed by atoms with Gasteiger partial charge in [-0.2, -0.15) is 0 Å². The van der Waals surface area contributed by atoms with Crippen LogP contribution in [0.1, 0.15) is 10.4 Å². The lowest BCUT2D eigenvalue weighted by Crippen LogP contribution is -2.09. The van der Waals surface area contributed by atoms with Crippen molar-refractivity contribution in [2.45, 2.75) is 0 Å². The zero-order chi connectivity index (χ0) is 13.2. The molecule has 0 saturated heterocycles. The van der Waals surface area contributed by atoms with Gasteiger partial charge in [0.05, 0.1) is 10.9 Å². The first-order valence-corrected chi connectivity index (χ1v) is 5.82. The van der Waals surface area contributed by atoms with Crippen molar-refractivity contribution in [2.75, 3.05) is 0 Å². The molecule has 3 aromatic rings. The van der Waals surface area contributed by atoms with E-state index in [4.69, 9.17) is 0 Å². The Morgan fingerprint density at radius 1 is 1.00 bits per heavy atom. The van der Waals surface area contributed by atoms with E-state index in [1.165, 1.54) is 0 Å². The average Bonchev–Trinajstić information content (AvgIpc) is 2.47. The van der Waals surface area contributed by atoms with Crippen LogP contribution in [0.5, 0.6) is 0 Å². The maximum Gasteiger partial charge on any atom is 0.259 e. The number of aromatic nitrogens is 2.